The predicted octanol–water partition coefficient (Wildman–Crippen LogP) is 7.80. The van der Waals surface area contributed by atoms with Crippen LogP contribution in [0.5, 0.6) is 0 Å². The number of benzene rings is 2. The van der Waals surface area contributed by atoms with Gasteiger partial charge in [0.2, 0.25) is 0 Å². The van der Waals surface area contributed by atoms with Gasteiger partial charge >= 0.3 is 6.18 Å². The van der Waals surface area contributed by atoms with E-state index in [1.807, 2.05) is 0 Å². The Bertz CT molecular complexity index is 1630. The molecule has 38 heavy (non-hydrogen) atoms. The van der Waals surface area contributed by atoms with E-state index in [1.165, 1.54) is 17.7 Å². The molecule has 200 valence electrons. The standard InChI is InChI=1S/C24H18Cl3F3N4O2S2/c1-2-38(35,36)20-18(21-31-32-22(37-21)23(10-3-11-23)24(28,29)30)33-34(17-9-8-15(26)12-16(17)27)19(20)13-4-6-14(25)7-5-13/h4-9,12H,2-3,10-11H2,1H3. The van der Waals surface area contributed by atoms with Crippen molar-refractivity contribution in [1.29, 1.82) is 0 Å². The van der Waals surface area contributed by atoms with Crippen molar-refractivity contribution in [3.63, 3.8) is 0 Å². The van der Waals surface area contributed by atoms with Crippen LogP contribution in [-0.2, 0) is 15.3 Å². The maximum Gasteiger partial charge on any atom is 0.400 e. The van der Waals surface area contributed by atoms with Gasteiger partial charge in [0, 0.05) is 15.6 Å². The lowest BCUT2D eigenvalue weighted by molar-refractivity contribution is -0.212. The van der Waals surface area contributed by atoms with Crippen LogP contribution in [0.2, 0.25) is 15.1 Å². The zero-order valence-corrected chi connectivity index (χ0v) is 23.5. The molecule has 0 bridgehead atoms. The average molecular weight is 622 g/mol. The minimum absolute atomic E-state index is 0.0402. The Balaban J connectivity index is 1.82. The fourth-order valence-electron chi connectivity index (χ4n) is 4.33. The van der Waals surface area contributed by atoms with E-state index < -0.39 is 21.4 Å². The first-order valence-corrected chi connectivity index (χ1v) is 15.0. The molecule has 0 amide bonds. The van der Waals surface area contributed by atoms with Gasteiger partial charge in [-0.1, -0.05) is 71.6 Å². The summed E-state index contributed by atoms with van der Waals surface area (Å²) in [5, 5.41) is 13.1. The van der Waals surface area contributed by atoms with E-state index in [0.29, 0.717) is 39.1 Å². The molecule has 6 nitrogen and oxygen atoms in total. The van der Waals surface area contributed by atoms with Crippen LogP contribution >= 0.6 is 46.1 Å². The lowest BCUT2D eigenvalue weighted by Gasteiger charge is -2.40. The van der Waals surface area contributed by atoms with Crippen molar-refractivity contribution in [2.45, 2.75) is 42.7 Å². The van der Waals surface area contributed by atoms with Gasteiger partial charge in [-0.3, -0.25) is 0 Å². The van der Waals surface area contributed by atoms with Crippen molar-refractivity contribution in [2.24, 2.45) is 0 Å². The number of hydrogen-bond acceptors (Lipinski definition) is 6. The van der Waals surface area contributed by atoms with Gasteiger partial charge in [0.05, 0.1) is 22.2 Å². The molecule has 2 heterocycles. The van der Waals surface area contributed by atoms with Crippen LogP contribution in [0.15, 0.2) is 47.4 Å². The van der Waals surface area contributed by atoms with E-state index in [1.54, 1.807) is 36.4 Å². The zero-order chi connectivity index (χ0) is 27.5. The average Bonchev–Trinajstić information content (AvgIpc) is 3.44. The molecule has 0 N–H and O–H groups in total. The van der Waals surface area contributed by atoms with E-state index in [2.05, 4.69) is 15.3 Å². The fraction of sp³-hybridized carbons (Fsp3) is 0.292. The molecule has 2 aromatic carbocycles. The van der Waals surface area contributed by atoms with E-state index in [9.17, 15) is 21.6 Å². The van der Waals surface area contributed by atoms with Gasteiger partial charge in [0.15, 0.2) is 14.8 Å². The third-order valence-electron chi connectivity index (χ3n) is 6.58. The predicted molar refractivity (Wildman–Crippen MR) is 142 cm³/mol. The summed E-state index contributed by atoms with van der Waals surface area (Å²) in [6, 6.07) is 11.0. The lowest BCUT2D eigenvalue weighted by atomic mass is 9.68. The second kappa shape index (κ2) is 9.78. The minimum Gasteiger partial charge on any atom is -0.229 e. The summed E-state index contributed by atoms with van der Waals surface area (Å²) in [4.78, 5) is -0.189. The Labute approximate surface area is 235 Å². The number of sulfone groups is 1. The molecule has 14 heteroatoms. The van der Waals surface area contributed by atoms with Crippen LogP contribution in [-0.4, -0.2) is 40.3 Å². The number of hydrogen-bond donors (Lipinski definition) is 0. The first-order valence-electron chi connectivity index (χ1n) is 11.4. The van der Waals surface area contributed by atoms with Crippen LogP contribution < -0.4 is 0 Å². The molecule has 1 aliphatic rings. The van der Waals surface area contributed by atoms with E-state index in [0.717, 1.165) is 0 Å². The van der Waals surface area contributed by atoms with Gasteiger partial charge in [0.25, 0.3) is 0 Å². The molecule has 0 saturated heterocycles. The third kappa shape index (κ3) is 4.52. The SMILES string of the molecule is CCS(=O)(=O)c1c(-c2nnc(C3(C(F)(F)F)CCC3)s2)nn(-c2ccc(Cl)cc2Cl)c1-c1ccc(Cl)cc1. The summed E-state index contributed by atoms with van der Waals surface area (Å²) in [6.07, 6.45) is -4.30. The van der Waals surface area contributed by atoms with Gasteiger partial charge in [-0.05, 0) is 43.2 Å². The Kier molecular flexibility index (Phi) is 7.05. The summed E-state index contributed by atoms with van der Waals surface area (Å²) < 4.78 is 70.3. The molecule has 1 saturated carbocycles. The third-order valence-corrected chi connectivity index (χ3v) is 10.3. The molecular weight excluding hydrogens is 604 g/mol. The Morgan fingerprint density at radius 2 is 1.68 bits per heavy atom. The summed E-state index contributed by atoms with van der Waals surface area (Å²) in [7, 11) is -3.99. The highest BCUT2D eigenvalue weighted by molar-refractivity contribution is 7.91. The molecule has 2 aromatic heterocycles. The first-order chi connectivity index (χ1) is 17.9. The van der Waals surface area contributed by atoms with Crippen molar-refractivity contribution in [1.82, 2.24) is 20.0 Å². The van der Waals surface area contributed by atoms with Crippen molar-refractivity contribution in [3.05, 3.63) is 62.5 Å². The highest BCUT2D eigenvalue weighted by atomic mass is 35.5. The second-order valence-corrected chi connectivity index (χ2v) is 13.3. The molecule has 1 fully saturated rings. The van der Waals surface area contributed by atoms with Crippen molar-refractivity contribution in [2.75, 3.05) is 5.75 Å². The normalized spacial score (nSPS) is 15.4. The molecule has 0 spiro atoms. The van der Waals surface area contributed by atoms with Crippen LogP contribution in [0.4, 0.5) is 13.2 Å². The first kappa shape index (κ1) is 27.4. The summed E-state index contributed by atoms with van der Waals surface area (Å²) in [6.45, 7) is 1.47. The maximum atomic E-state index is 14.0. The molecule has 4 aromatic rings. The molecule has 0 atom stereocenters. The quantitative estimate of drug-likeness (QED) is 0.220. The number of alkyl halides is 3. The minimum atomic E-state index is -4.51. The van der Waals surface area contributed by atoms with Crippen molar-refractivity contribution < 1.29 is 21.6 Å². The number of halogens is 6. The van der Waals surface area contributed by atoms with Gasteiger partial charge in [-0.15, -0.1) is 10.2 Å². The van der Waals surface area contributed by atoms with Gasteiger partial charge in [-0.25, -0.2) is 13.1 Å². The van der Waals surface area contributed by atoms with Crippen LogP contribution in [0.25, 0.3) is 27.6 Å². The largest absolute Gasteiger partial charge is 0.400 e. The van der Waals surface area contributed by atoms with Crippen LogP contribution in [0.1, 0.15) is 31.2 Å². The number of aromatic nitrogens is 4. The molecule has 0 aliphatic heterocycles. The summed E-state index contributed by atoms with van der Waals surface area (Å²) in [5.41, 5.74) is -1.28. The molecule has 1 aliphatic carbocycles. The summed E-state index contributed by atoms with van der Waals surface area (Å²) in [5.74, 6) is -0.293. The summed E-state index contributed by atoms with van der Waals surface area (Å²) >= 11 is 19.3. The molecule has 5 rings (SSSR count). The molecule has 0 unspecified atom stereocenters. The Morgan fingerprint density at radius 1 is 1.03 bits per heavy atom. The van der Waals surface area contributed by atoms with Gasteiger partial charge in [0.1, 0.15) is 21.0 Å². The van der Waals surface area contributed by atoms with E-state index in [-0.39, 0.29) is 49.9 Å². The molecular formula is C24H18Cl3F3N4O2S2. The second-order valence-electron chi connectivity index (χ2n) is 8.79. The number of nitrogens with zero attached hydrogens (tertiary/aromatic N) is 4. The monoisotopic (exact) mass is 620 g/mol. The van der Waals surface area contributed by atoms with Crippen molar-refractivity contribution >= 4 is 56.0 Å². The Morgan fingerprint density at radius 3 is 2.24 bits per heavy atom. The van der Waals surface area contributed by atoms with Crippen LogP contribution in [0, 0.1) is 0 Å². The Hall–Kier alpha value is -2.18. The maximum absolute atomic E-state index is 14.0. The lowest BCUT2D eigenvalue weighted by Crippen LogP contribution is -2.47. The smallest absolute Gasteiger partial charge is 0.229 e. The van der Waals surface area contributed by atoms with Gasteiger partial charge in [-0.2, -0.15) is 18.3 Å². The topological polar surface area (TPSA) is 77.7 Å². The molecule has 0 radical (unpaired) electrons. The van der Waals surface area contributed by atoms with E-state index in [4.69, 9.17) is 34.8 Å². The zero-order valence-electron chi connectivity index (χ0n) is 19.6. The highest BCUT2D eigenvalue weighted by Crippen LogP contribution is 2.56. The van der Waals surface area contributed by atoms with Gasteiger partial charge < -0.3 is 0 Å². The van der Waals surface area contributed by atoms with Crippen molar-refractivity contribution in [3.8, 4) is 27.6 Å². The fourth-order valence-corrected chi connectivity index (χ4v) is 7.33. The number of rotatable bonds is 6. The highest BCUT2D eigenvalue weighted by Gasteiger charge is 2.61. The van der Waals surface area contributed by atoms with Crippen LogP contribution in [0.3, 0.4) is 0 Å². The van der Waals surface area contributed by atoms with E-state index >= 15 is 0 Å².